The van der Waals surface area contributed by atoms with Crippen LogP contribution in [0.25, 0.3) is 0 Å². The largest absolute Gasteiger partial charge is 0.481 e. The summed E-state index contributed by atoms with van der Waals surface area (Å²) in [6.07, 6.45) is -0.0727. The second-order valence-corrected chi connectivity index (χ2v) is 5.64. The van der Waals surface area contributed by atoms with Gasteiger partial charge in [0.25, 0.3) is 0 Å². The van der Waals surface area contributed by atoms with Crippen LogP contribution in [0, 0.1) is 5.82 Å². The van der Waals surface area contributed by atoms with Crippen LogP contribution in [-0.4, -0.2) is 16.1 Å². The molecular formula is C12H10FNO2S2. The SMILES string of the molecule is O=C(O)Cc1csc(SCc2ccccc2F)n1. The topological polar surface area (TPSA) is 50.2 Å². The average molecular weight is 283 g/mol. The first kappa shape index (κ1) is 13.0. The summed E-state index contributed by atoms with van der Waals surface area (Å²) in [5.41, 5.74) is 1.17. The molecular weight excluding hydrogens is 273 g/mol. The lowest BCUT2D eigenvalue weighted by atomic mass is 10.2. The van der Waals surface area contributed by atoms with Crippen molar-refractivity contribution < 1.29 is 14.3 Å². The molecule has 0 saturated carbocycles. The Kier molecular flexibility index (Phi) is 4.33. The van der Waals surface area contributed by atoms with E-state index in [1.54, 1.807) is 23.6 Å². The van der Waals surface area contributed by atoms with Crippen molar-refractivity contribution in [2.24, 2.45) is 0 Å². The average Bonchev–Trinajstić information content (AvgIpc) is 2.75. The smallest absolute Gasteiger partial charge is 0.309 e. The van der Waals surface area contributed by atoms with E-state index in [0.29, 0.717) is 17.0 Å². The molecule has 2 rings (SSSR count). The normalized spacial score (nSPS) is 10.5. The van der Waals surface area contributed by atoms with Gasteiger partial charge in [0, 0.05) is 11.1 Å². The molecule has 0 aliphatic heterocycles. The molecule has 1 heterocycles. The Labute approximate surface area is 112 Å². The summed E-state index contributed by atoms with van der Waals surface area (Å²) in [5, 5.41) is 10.3. The fourth-order valence-electron chi connectivity index (χ4n) is 1.35. The van der Waals surface area contributed by atoms with Crippen molar-refractivity contribution in [3.05, 3.63) is 46.7 Å². The van der Waals surface area contributed by atoms with Crippen molar-refractivity contribution in [1.82, 2.24) is 4.98 Å². The third kappa shape index (κ3) is 3.54. The maximum atomic E-state index is 13.4. The van der Waals surface area contributed by atoms with Gasteiger partial charge in [-0.3, -0.25) is 4.79 Å². The maximum absolute atomic E-state index is 13.4. The zero-order chi connectivity index (χ0) is 13.0. The van der Waals surface area contributed by atoms with E-state index in [2.05, 4.69) is 4.98 Å². The first-order valence-electron chi connectivity index (χ1n) is 5.17. The second-order valence-electron chi connectivity index (χ2n) is 3.56. The van der Waals surface area contributed by atoms with Gasteiger partial charge in [-0.05, 0) is 11.6 Å². The number of hydrogen-bond acceptors (Lipinski definition) is 4. The molecule has 0 bridgehead atoms. The molecule has 0 aliphatic carbocycles. The molecule has 0 fully saturated rings. The number of thiazole rings is 1. The summed E-state index contributed by atoms with van der Waals surface area (Å²) < 4.78 is 14.1. The molecule has 0 aliphatic rings. The molecule has 6 heteroatoms. The van der Waals surface area contributed by atoms with Gasteiger partial charge in [-0.2, -0.15) is 0 Å². The monoisotopic (exact) mass is 283 g/mol. The molecule has 0 saturated heterocycles. The molecule has 0 radical (unpaired) electrons. The Balaban J connectivity index is 1.96. The van der Waals surface area contributed by atoms with Gasteiger partial charge in [0.2, 0.25) is 0 Å². The van der Waals surface area contributed by atoms with E-state index in [1.807, 2.05) is 0 Å². The Morgan fingerprint density at radius 3 is 2.94 bits per heavy atom. The number of aliphatic carboxylic acids is 1. The highest BCUT2D eigenvalue weighted by molar-refractivity contribution is 8.00. The summed E-state index contributed by atoms with van der Waals surface area (Å²) in [5.74, 6) is -0.634. The van der Waals surface area contributed by atoms with E-state index in [0.717, 1.165) is 4.34 Å². The minimum atomic E-state index is -0.897. The summed E-state index contributed by atoms with van der Waals surface area (Å²) in [6, 6.07) is 6.59. The van der Waals surface area contributed by atoms with Crippen LogP contribution >= 0.6 is 23.1 Å². The number of hydrogen-bond donors (Lipinski definition) is 1. The highest BCUT2D eigenvalue weighted by Crippen LogP contribution is 2.27. The van der Waals surface area contributed by atoms with E-state index >= 15 is 0 Å². The Hall–Kier alpha value is -1.40. The number of aromatic nitrogens is 1. The fourth-order valence-corrected chi connectivity index (χ4v) is 3.18. The summed E-state index contributed by atoms with van der Waals surface area (Å²) in [7, 11) is 0. The maximum Gasteiger partial charge on any atom is 0.309 e. The third-order valence-corrected chi connectivity index (χ3v) is 4.29. The van der Waals surface area contributed by atoms with E-state index in [-0.39, 0.29) is 12.2 Å². The van der Waals surface area contributed by atoms with Crippen molar-refractivity contribution in [1.29, 1.82) is 0 Å². The quantitative estimate of drug-likeness (QED) is 0.856. The minimum Gasteiger partial charge on any atom is -0.481 e. The van der Waals surface area contributed by atoms with Crippen molar-refractivity contribution in [2.45, 2.75) is 16.5 Å². The molecule has 3 nitrogen and oxygen atoms in total. The van der Waals surface area contributed by atoms with Crippen LogP contribution in [-0.2, 0) is 17.0 Å². The first-order valence-corrected chi connectivity index (χ1v) is 7.04. The number of benzene rings is 1. The molecule has 18 heavy (non-hydrogen) atoms. The molecule has 1 aromatic heterocycles. The predicted molar refractivity (Wildman–Crippen MR) is 69.4 cm³/mol. The summed E-state index contributed by atoms with van der Waals surface area (Å²) in [4.78, 5) is 14.7. The van der Waals surface area contributed by atoms with Crippen LogP contribution in [0.3, 0.4) is 0 Å². The number of carboxylic acid groups (broad SMARTS) is 1. The van der Waals surface area contributed by atoms with Crippen molar-refractivity contribution in [3.63, 3.8) is 0 Å². The van der Waals surface area contributed by atoms with Crippen LogP contribution in [0.5, 0.6) is 0 Å². The summed E-state index contributed by atoms with van der Waals surface area (Å²) >= 11 is 2.79. The number of nitrogens with zero attached hydrogens (tertiary/aromatic N) is 1. The first-order chi connectivity index (χ1) is 8.65. The Morgan fingerprint density at radius 1 is 1.44 bits per heavy atom. The molecule has 0 unspecified atom stereocenters. The van der Waals surface area contributed by atoms with Crippen molar-refractivity contribution >= 4 is 29.1 Å². The Bertz CT molecular complexity index is 557. The van der Waals surface area contributed by atoms with Gasteiger partial charge < -0.3 is 5.11 Å². The highest BCUT2D eigenvalue weighted by Gasteiger charge is 2.08. The fraction of sp³-hybridized carbons (Fsp3) is 0.167. The van der Waals surface area contributed by atoms with E-state index in [4.69, 9.17) is 5.11 Å². The van der Waals surface area contributed by atoms with E-state index < -0.39 is 5.97 Å². The van der Waals surface area contributed by atoms with Gasteiger partial charge in [0.15, 0.2) is 0 Å². The number of carboxylic acids is 1. The van der Waals surface area contributed by atoms with Crippen molar-refractivity contribution in [2.75, 3.05) is 0 Å². The van der Waals surface area contributed by atoms with Crippen LogP contribution in [0.2, 0.25) is 0 Å². The van der Waals surface area contributed by atoms with Gasteiger partial charge in [-0.1, -0.05) is 30.0 Å². The van der Waals surface area contributed by atoms with E-state index in [1.165, 1.54) is 29.2 Å². The lowest BCUT2D eigenvalue weighted by molar-refractivity contribution is -0.136. The zero-order valence-corrected chi connectivity index (χ0v) is 10.9. The second kappa shape index (κ2) is 5.97. The molecule has 0 atom stereocenters. The van der Waals surface area contributed by atoms with Gasteiger partial charge in [-0.25, -0.2) is 9.37 Å². The lowest BCUT2D eigenvalue weighted by Gasteiger charge is -2.00. The van der Waals surface area contributed by atoms with Crippen LogP contribution in [0.15, 0.2) is 34.0 Å². The number of rotatable bonds is 5. The molecule has 0 amide bonds. The van der Waals surface area contributed by atoms with Gasteiger partial charge >= 0.3 is 5.97 Å². The van der Waals surface area contributed by atoms with Crippen LogP contribution in [0.4, 0.5) is 4.39 Å². The third-order valence-electron chi connectivity index (χ3n) is 2.17. The van der Waals surface area contributed by atoms with Gasteiger partial charge in [0.05, 0.1) is 12.1 Å². The molecule has 2 aromatic rings. The van der Waals surface area contributed by atoms with E-state index in [9.17, 15) is 9.18 Å². The molecule has 1 aromatic carbocycles. The minimum absolute atomic E-state index is 0.0727. The molecule has 1 N–H and O–H groups in total. The highest BCUT2D eigenvalue weighted by atomic mass is 32.2. The Morgan fingerprint density at radius 2 is 2.22 bits per heavy atom. The van der Waals surface area contributed by atoms with Crippen LogP contribution in [0.1, 0.15) is 11.3 Å². The number of carbonyl (C=O) groups is 1. The number of thioether (sulfide) groups is 1. The zero-order valence-electron chi connectivity index (χ0n) is 9.30. The van der Waals surface area contributed by atoms with Crippen molar-refractivity contribution in [3.8, 4) is 0 Å². The lowest BCUT2D eigenvalue weighted by Crippen LogP contribution is -1.99. The molecule has 0 spiro atoms. The van der Waals surface area contributed by atoms with Crippen LogP contribution < -0.4 is 0 Å². The van der Waals surface area contributed by atoms with Gasteiger partial charge in [0.1, 0.15) is 10.2 Å². The standard InChI is InChI=1S/C12H10FNO2S2/c13-10-4-2-1-3-8(10)6-17-12-14-9(7-18-12)5-11(15)16/h1-4,7H,5-6H2,(H,15,16). The summed E-state index contributed by atoms with van der Waals surface area (Å²) in [6.45, 7) is 0. The predicted octanol–water partition coefficient (Wildman–Crippen LogP) is 3.20. The number of halogens is 1. The van der Waals surface area contributed by atoms with Gasteiger partial charge in [-0.15, -0.1) is 11.3 Å². The molecule has 94 valence electrons.